The second kappa shape index (κ2) is 7.37. The van der Waals surface area contributed by atoms with Crippen LogP contribution in [0.2, 0.25) is 0 Å². The van der Waals surface area contributed by atoms with E-state index in [1.54, 1.807) is 7.11 Å². The standard InChI is InChI=1S/C22H23N3O2/c1-27-16-10-8-15(9-11-16)21-12-18(17-4-2-3-5-20(17)25-21)22(26)24-13-19(23)14-6-7-14/h2-5,8-12,14,19H,6-7,13,23H2,1H3,(H,24,26). The Morgan fingerprint density at radius 3 is 2.67 bits per heavy atom. The van der Waals surface area contributed by atoms with Gasteiger partial charge in [0.05, 0.1) is 23.9 Å². The van der Waals surface area contributed by atoms with Crippen molar-refractivity contribution in [2.75, 3.05) is 13.7 Å². The van der Waals surface area contributed by atoms with Gasteiger partial charge in [0.2, 0.25) is 0 Å². The number of pyridine rings is 1. The number of aromatic nitrogens is 1. The maximum Gasteiger partial charge on any atom is 0.252 e. The zero-order valence-corrected chi connectivity index (χ0v) is 15.3. The van der Waals surface area contributed by atoms with E-state index in [0.29, 0.717) is 18.0 Å². The molecule has 5 nitrogen and oxygen atoms in total. The van der Waals surface area contributed by atoms with Gasteiger partial charge < -0.3 is 15.8 Å². The molecular formula is C22H23N3O2. The summed E-state index contributed by atoms with van der Waals surface area (Å²) in [6, 6.07) is 17.3. The van der Waals surface area contributed by atoms with E-state index in [1.165, 1.54) is 0 Å². The SMILES string of the molecule is COc1ccc(-c2cc(C(=O)NCC(N)C3CC3)c3ccccc3n2)cc1. The fourth-order valence-corrected chi connectivity index (χ4v) is 3.27. The third-order valence-corrected chi connectivity index (χ3v) is 5.07. The fraction of sp³-hybridized carbons (Fsp3) is 0.273. The van der Waals surface area contributed by atoms with E-state index in [4.69, 9.17) is 15.5 Å². The lowest BCUT2D eigenvalue weighted by Crippen LogP contribution is -2.38. The first kappa shape index (κ1) is 17.5. The lowest BCUT2D eigenvalue weighted by atomic mass is 10.0. The molecule has 1 saturated carbocycles. The van der Waals surface area contributed by atoms with Crippen LogP contribution in [0.1, 0.15) is 23.2 Å². The van der Waals surface area contributed by atoms with E-state index in [0.717, 1.165) is 40.8 Å². The number of nitrogens with one attached hydrogen (secondary N) is 1. The average molecular weight is 361 g/mol. The normalized spacial score (nSPS) is 14.7. The predicted octanol–water partition coefficient (Wildman–Crippen LogP) is 3.38. The first-order valence-corrected chi connectivity index (χ1v) is 9.23. The van der Waals surface area contributed by atoms with Gasteiger partial charge in [0.15, 0.2) is 0 Å². The Labute approximate surface area is 158 Å². The maximum atomic E-state index is 12.9. The van der Waals surface area contributed by atoms with E-state index in [1.807, 2.05) is 54.6 Å². The second-order valence-corrected chi connectivity index (χ2v) is 7.01. The fourth-order valence-electron chi connectivity index (χ4n) is 3.27. The van der Waals surface area contributed by atoms with E-state index in [9.17, 15) is 4.79 Å². The summed E-state index contributed by atoms with van der Waals surface area (Å²) in [5.74, 6) is 1.22. The summed E-state index contributed by atoms with van der Waals surface area (Å²) in [7, 11) is 1.64. The van der Waals surface area contributed by atoms with Crippen LogP contribution in [-0.4, -0.2) is 30.6 Å². The van der Waals surface area contributed by atoms with Crippen molar-refractivity contribution in [2.45, 2.75) is 18.9 Å². The molecule has 1 aliphatic carbocycles. The van der Waals surface area contributed by atoms with Crippen LogP contribution >= 0.6 is 0 Å². The molecule has 138 valence electrons. The van der Waals surface area contributed by atoms with Crippen molar-refractivity contribution in [3.63, 3.8) is 0 Å². The molecule has 1 unspecified atom stereocenters. The summed E-state index contributed by atoms with van der Waals surface area (Å²) in [6.45, 7) is 0.498. The number of para-hydroxylation sites is 1. The van der Waals surface area contributed by atoms with Gasteiger partial charge >= 0.3 is 0 Å². The third-order valence-electron chi connectivity index (χ3n) is 5.07. The number of carbonyl (C=O) groups is 1. The van der Waals surface area contributed by atoms with Gasteiger partial charge in [-0.3, -0.25) is 4.79 Å². The number of benzene rings is 2. The number of hydrogen-bond acceptors (Lipinski definition) is 4. The smallest absolute Gasteiger partial charge is 0.252 e. The number of methoxy groups -OCH3 is 1. The molecule has 3 aromatic rings. The van der Waals surface area contributed by atoms with Crippen LogP contribution in [0.4, 0.5) is 0 Å². The molecule has 1 amide bonds. The minimum atomic E-state index is -0.112. The van der Waals surface area contributed by atoms with E-state index in [2.05, 4.69) is 5.32 Å². The highest BCUT2D eigenvalue weighted by Crippen LogP contribution is 2.31. The molecule has 2 aromatic carbocycles. The summed E-state index contributed by atoms with van der Waals surface area (Å²) < 4.78 is 5.22. The van der Waals surface area contributed by atoms with Crippen LogP contribution in [0, 0.1) is 5.92 Å². The Morgan fingerprint density at radius 2 is 1.96 bits per heavy atom. The Morgan fingerprint density at radius 1 is 1.22 bits per heavy atom. The summed E-state index contributed by atoms with van der Waals surface area (Å²) in [4.78, 5) is 17.6. The van der Waals surface area contributed by atoms with Gasteiger partial charge in [-0.25, -0.2) is 4.98 Å². The maximum absolute atomic E-state index is 12.9. The molecule has 27 heavy (non-hydrogen) atoms. The number of fused-ring (bicyclic) bond motifs is 1. The minimum absolute atomic E-state index is 0.0307. The number of carbonyl (C=O) groups excluding carboxylic acids is 1. The van der Waals surface area contributed by atoms with Gasteiger partial charge in [0.1, 0.15) is 5.75 Å². The molecule has 4 rings (SSSR count). The van der Waals surface area contributed by atoms with Gasteiger partial charge in [-0.1, -0.05) is 18.2 Å². The molecule has 1 atom stereocenters. The molecule has 1 fully saturated rings. The highest BCUT2D eigenvalue weighted by atomic mass is 16.5. The quantitative estimate of drug-likeness (QED) is 0.706. The van der Waals surface area contributed by atoms with Crippen molar-refractivity contribution in [3.8, 4) is 17.0 Å². The zero-order valence-electron chi connectivity index (χ0n) is 15.3. The van der Waals surface area contributed by atoms with Crippen molar-refractivity contribution in [2.24, 2.45) is 11.7 Å². The summed E-state index contributed by atoms with van der Waals surface area (Å²) >= 11 is 0. The second-order valence-electron chi connectivity index (χ2n) is 7.01. The molecule has 1 aliphatic rings. The summed E-state index contributed by atoms with van der Waals surface area (Å²) in [6.07, 6.45) is 2.33. The number of amides is 1. The van der Waals surface area contributed by atoms with Crippen molar-refractivity contribution < 1.29 is 9.53 Å². The van der Waals surface area contributed by atoms with Crippen LogP contribution in [0.3, 0.4) is 0 Å². The van der Waals surface area contributed by atoms with Crippen LogP contribution in [0.25, 0.3) is 22.2 Å². The molecule has 0 bridgehead atoms. The van der Waals surface area contributed by atoms with Gasteiger partial charge in [-0.05, 0) is 55.2 Å². The number of ether oxygens (including phenoxy) is 1. The summed E-state index contributed by atoms with van der Waals surface area (Å²) in [5, 5.41) is 3.84. The molecule has 0 spiro atoms. The number of nitrogens with zero attached hydrogens (tertiary/aromatic N) is 1. The molecule has 3 N–H and O–H groups in total. The lowest BCUT2D eigenvalue weighted by molar-refractivity contribution is 0.0952. The molecule has 0 aliphatic heterocycles. The number of hydrogen-bond donors (Lipinski definition) is 2. The number of rotatable bonds is 6. The third kappa shape index (κ3) is 3.78. The zero-order chi connectivity index (χ0) is 18.8. The Bertz CT molecular complexity index is 965. The van der Waals surface area contributed by atoms with E-state index >= 15 is 0 Å². The molecule has 0 saturated heterocycles. The average Bonchev–Trinajstić information content (AvgIpc) is 3.56. The molecule has 1 heterocycles. The van der Waals surface area contributed by atoms with Crippen molar-refractivity contribution >= 4 is 16.8 Å². The van der Waals surface area contributed by atoms with Crippen LogP contribution < -0.4 is 15.8 Å². The van der Waals surface area contributed by atoms with Gasteiger partial charge in [0.25, 0.3) is 5.91 Å². The number of nitrogens with two attached hydrogens (primary N) is 1. The molecule has 5 heteroatoms. The van der Waals surface area contributed by atoms with Crippen LogP contribution in [0.15, 0.2) is 54.6 Å². The van der Waals surface area contributed by atoms with Crippen molar-refractivity contribution in [1.29, 1.82) is 0 Å². The lowest BCUT2D eigenvalue weighted by Gasteiger charge is -2.14. The molecule has 0 radical (unpaired) electrons. The molecular weight excluding hydrogens is 338 g/mol. The first-order valence-electron chi connectivity index (χ1n) is 9.23. The monoisotopic (exact) mass is 361 g/mol. The Balaban J connectivity index is 1.68. The van der Waals surface area contributed by atoms with Gasteiger partial charge in [0, 0.05) is 23.5 Å². The Kier molecular flexibility index (Phi) is 4.77. The van der Waals surface area contributed by atoms with Crippen molar-refractivity contribution in [1.82, 2.24) is 10.3 Å². The Hall–Kier alpha value is -2.92. The predicted molar refractivity (Wildman–Crippen MR) is 107 cm³/mol. The highest BCUT2D eigenvalue weighted by molar-refractivity contribution is 6.07. The minimum Gasteiger partial charge on any atom is -0.497 e. The first-order chi connectivity index (χ1) is 13.2. The topological polar surface area (TPSA) is 77.2 Å². The summed E-state index contributed by atoms with van der Waals surface area (Å²) in [5.41, 5.74) is 9.23. The van der Waals surface area contributed by atoms with Crippen LogP contribution in [-0.2, 0) is 0 Å². The van der Waals surface area contributed by atoms with E-state index < -0.39 is 0 Å². The van der Waals surface area contributed by atoms with Crippen molar-refractivity contribution in [3.05, 3.63) is 60.2 Å². The van der Waals surface area contributed by atoms with Gasteiger partial charge in [-0.15, -0.1) is 0 Å². The van der Waals surface area contributed by atoms with E-state index in [-0.39, 0.29) is 11.9 Å². The molecule has 1 aromatic heterocycles. The largest absolute Gasteiger partial charge is 0.497 e. The van der Waals surface area contributed by atoms with Crippen LogP contribution in [0.5, 0.6) is 5.75 Å². The van der Waals surface area contributed by atoms with Gasteiger partial charge in [-0.2, -0.15) is 0 Å². The highest BCUT2D eigenvalue weighted by Gasteiger charge is 2.28.